The minimum atomic E-state index is 0.905. The van der Waals surface area contributed by atoms with Gasteiger partial charge < -0.3 is 9.13 Å². The Morgan fingerprint density at radius 1 is 0.618 bits per heavy atom. The second-order valence-electron chi connectivity index (χ2n) is 8.65. The maximum Gasteiger partial charge on any atom is 0.140 e. The van der Waals surface area contributed by atoms with E-state index in [1.807, 2.05) is 30.5 Å². The second kappa shape index (κ2) is 8.99. The van der Waals surface area contributed by atoms with Crippen LogP contribution in [-0.4, -0.2) is 19.1 Å². The summed E-state index contributed by atoms with van der Waals surface area (Å²) in [6, 6.07) is 29.4. The summed E-state index contributed by atoms with van der Waals surface area (Å²) in [4.78, 5) is 9.70. The van der Waals surface area contributed by atoms with Crippen LogP contribution in [0.15, 0.2) is 91.1 Å². The minimum absolute atomic E-state index is 0.905. The number of benzene rings is 1. The van der Waals surface area contributed by atoms with Crippen molar-refractivity contribution in [2.24, 2.45) is 0 Å². The molecule has 0 saturated carbocycles. The van der Waals surface area contributed by atoms with Crippen LogP contribution in [0.1, 0.15) is 39.6 Å². The first kappa shape index (κ1) is 21.7. The maximum atomic E-state index is 5.13. The molecule has 0 aliphatic heterocycles. The van der Waals surface area contributed by atoms with Crippen molar-refractivity contribution in [1.82, 2.24) is 19.1 Å². The first-order valence-corrected chi connectivity index (χ1v) is 11.5. The van der Waals surface area contributed by atoms with Gasteiger partial charge in [-0.15, -0.1) is 0 Å². The summed E-state index contributed by atoms with van der Waals surface area (Å²) in [5.41, 5.74) is 8.88. The van der Waals surface area contributed by atoms with Crippen molar-refractivity contribution < 1.29 is 0 Å². The van der Waals surface area contributed by atoms with E-state index in [0.29, 0.717) is 0 Å². The van der Waals surface area contributed by atoms with Gasteiger partial charge in [0.15, 0.2) is 0 Å². The molecule has 4 heteroatoms. The van der Waals surface area contributed by atoms with Gasteiger partial charge >= 0.3 is 0 Å². The number of nitrogens with zero attached hydrogens (tertiary/aromatic N) is 4. The molecule has 0 spiro atoms. The first-order chi connectivity index (χ1) is 16.5. The summed E-state index contributed by atoms with van der Waals surface area (Å²) >= 11 is 0. The molecule has 168 valence electrons. The van der Waals surface area contributed by atoms with Gasteiger partial charge in [0.25, 0.3) is 0 Å². The second-order valence-corrected chi connectivity index (χ2v) is 8.65. The Morgan fingerprint density at radius 3 is 1.65 bits per heavy atom. The van der Waals surface area contributed by atoms with Crippen molar-refractivity contribution in [3.8, 4) is 11.6 Å². The van der Waals surface area contributed by atoms with E-state index < -0.39 is 0 Å². The average molecular weight is 445 g/mol. The molecule has 5 aromatic rings. The lowest BCUT2D eigenvalue weighted by atomic mass is 9.97. The van der Waals surface area contributed by atoms with Gasteiger partial charge in [0.2, 0.25) is 0 Å². The molecule has 0 atom stereocenters. The van der Waals surface area contributed by atoms with Crippen molar-refractivity contribution in [3.05, 3.63) is 131 Å². The Bertz CT molecular complexity index is 1370. The first-order valence-electron chi connectivity index (χ1n) is 11.5. The quantitative estimate of drug-likeness (QED) is 0.296. The number of hydrogen-bond donors (Lipinski definition) is 0. The van der Waals surface area contributed by atoms with E-state index in [9.17, 15) is 0 Å². The van der Waals surface area contributed by atoms with E-state index in [4.69, 9.17) is 4.98 Å². The van der Waals surface area contributed by atoms with Gasteiger partial charge in [-0.3, -0.25) is 4.98 Å². The molecule has 0 radical (unpaired) electrons. The minimum Gasteiger partial charge on any atom is -0.303 e. The molecule has 0 fully saturated rings. The maximum absolute atomic E-state index is 5.13. The molecule has 0 aliphatic carbocycles. The normalized spacial score (nSPS) is 11.7. The van der Waals surface area contributed by atoms with Crippen molar-refractivity contribution >= 4 is 11.6 Å². The zero-order valence-corrected chi connectivity index (χ0v) is 20.0. The zero-order valence-electron chi connectivity index (χ0n) is 20.0. The molecule has 0 amide bonds. The van der Waals surface area contributed by atoms with Crippen LogP contribution < -0.4 is 0 Å². The summed E-state index contributed by atoms with van der Waals surface area (Å²) in [5.74, 6) is 1.81. The SMILES string of the molecule is Cc1ccc(C)n1-c1cc(C(=Cc2ccccn2)c2ccccc2)cc(-n2c(C)ccc2C)n1. The molecule has 4 heterocycles. The van der Waals surface area contributed by atoms with Crippen LogP contribution in [0, 0.1) is 27.7 Å². The topological polar surface area (TPSA) is 35.6 Å². The monoisotopic (exact) mass is 444 g/mol. The number of aryl methyl sites for hydroxylation is 4. The van der Waals surface area contributed by atoms with Gasteiger partial charge in [-0.25, -0.2) is 4.98 Å². The molecule has 0 aliphatic rings. The summed E-state index contributed by atoms with van der Waals surface area (Å²) in [7, 11) is 0. The summed E-state index contributed by atoms with van der Waals surface area (Å²) in [6.45, 7) is 8.48. The highest BCUT2D eigenvalue weighted by Gasteiger charge is 2.15. The van der Waals surface area contributed by atoms with E-state index in [2.05, 4.69) is 109 Å². The van der Waals surface area contributed by atoms with Crippen molar-refractivity contribution in [1.29, 1.82) is 0 Å². The van der Waals surface area contributed by atoms with Crippen molar-refractivity contribution in [2.75, 3.05) is 0 Å². The predicted molar refractivity (Wildman–Crippen MR) is 139 cm³/mol. The highest BCUT2D eigenvalue weighted by Crippen LogP contribution is 2.30. The lowest BCUT2D eigenvalue weighted by molar-refractivity contribution is 0.872. The van der Waals surface area contributed by atoms with Crippen LogP contribution in [0.25, 0.3) is 23.3 Å². The summed E-state index contributed by atoms with van der Waals surface area (Å²) < 4.78 is 4.43. The number of rotatable bonds is 5. The smallest absolute Gasteiger partial charge is 0.140 e. The molecular weight excluding hydrogens is 416 g/mol. The van der Waals surface area contributed by atoms with Gasteiger partial charge in [-0.2, -0.15) is 0 Å². The van der Waals surface area contributed by atoms with E-state index in [0.717, 1.165) is 56.8 Å². The van der Waals surface area contributed by atoms with Crippen LogP contribution in [0.3, 0.4) is 0 Å². The van der Waals surface area contributed by atoms with Gasteiger partial charge in [0.05, 0.1) is 5.69 Å². The van der Waals surface area contributed by atoms with Crippen LogP contribution in [0.2, 0.25) is 0 Å². The molecule has 34 heavy (non-hydrogen) atoms. The molecule has 0 bridgehead atoms. The molecule has 0 unspecified atom stereocenters. The zero-order chi connectivity index (χ0) is 23.7. The third-order valence-corrected chi connectivity index (χ3v) is 6.17. The number of pyridine rings is 2. The highest BCUT2D eigenvalue weighted by atomic mass is 15.1. The van der Waals surface area contributed by atoms with Crippen molar-refractivity contribution in [2.45, 2.75) is 27.7 Å². The fourth-order valence-electron chi connectivity index (χ4n) is 4.51. The van der Waals surface area contributed by atoms with Crippen LogP contribution >= 0.6 is 0 Å². The van der Waals surface area contributed by atoms with E-state index in [1.54, 1.807) is 0 Å². The summed E-state index contributed by atoms with van der Waals surface area (Å²) in [5, 5.41) is 0. The predicted octanol–water partition coefficient (Wildman–Crippen LogP) is 6.88. The largest absolute Gasteiger partial charge is 0.303 e. The molecule has 0 N–H and O–H groups in total. The Hall–Kier alpha value is -4.18. The van der Waals surface area contributed by atoms with Gasteiger partial charge in [0, 0.05) is 29.0 Å². The van der Waals surface area contributed by atoms with E-state index in [-0.39, 0.29) is 0 Å². The number of aromatic nitrogens is 4. The third-order valence-electron chi connectivity index (χ3n) is 6.17. The van der Waals surface area contributed by atoms with Gasteiger partial charge in [0.1, 0.15) is 11.6 Å². The van der Waals surface area contributed by atoms with Crippen molar-refractivity contribution in [3.63, 3.8) is 0 Å². The summed E-state index contributed by atoms with van der Waals surface area (Å²) in [6.07, 6.45) is 3.99. The molecule has 4 aromatic heterocycles. The van der Waals surface area contributed by atoms with Gasteiger partial charge in [-0.05, 0) is 99.0 Å². The fourth-order valence-corrected chi connectivity index (χ4v) is 4.51. The highest BCUT2D eigenvalue weighted by molar-refractivity contribution is 5.91. The Morgan fingerprint density at radius 2 is 1.15 bits per heavy atom. The molecule has 1 aromatic carbocycles. The van der Waals surface area contributed by atoms with E-state index >= 15 is 0 Å². The average Bonchev–Trinajstić information content (AvgIpc) is 3.38. The standard InChI is InChI=1S/C30H28N4/c1-21-13-14-22(2)33(21)29-18-26(19-30(32-29)34-23(3)15-16-24(34)4)28(25-10-6-5-7-11-25)20-27-12-8-9-17-31-27/h5-20H,1-4H3. The van der Waals surface area contributed by atoms with Crippen LogP contribution in [-0.2, 0) is 0 Å². The molecule has 0 saturated heterocycles. The lowest BCUT2D eigenvalue weighted by Gasteiger charge is -2.17. The third kappa shape index (κ3) is 4.11. The fraction of sp³-hybridized carbons (Fsp3) is 0.133. The Kier molecular flexibility index (Phi) is 5.72. The van der Waals surface area contributed by atoms with Crippen LogP contribution in [0.5, 0.6) is 0 Å². The number of hydrogen-bond acceptors (Lipinski definition) is 2. The Labute approximate surface area is 200 Å². The molecule has 4 nitrogen and oxygen atoms in total. The van der Waals surface area contributed by atoms with Crippen LogP contribution in [0.4, 0.5) is 0 Å². The Balaban J connectivity index is 1.80. The lowest BCUT2D eigenvalue weighted by Crippen LogP contribution is -2.09. The van der Waals surface area contributed by atoms with E-state index in [1.165, 1.54) is 0 Å². The molecule has 5 rings (SSSR count). The van der Waals surface area contributed by atoms with Gasteiger partial charge in [-0.1, -0.05) is 36.4 Å². The molecular formula is C30H28N4.